The van der Waals surface area contributed by atoms with E-state index in [1.165, 1.54) is 6.08 Å². The van der Waals surface area contributed by atoms with Crippen molar-refractivity contribution < 1.29 is 18.4 Å². The quantitative estimate of drug-likeness (QED) is 0.0833. The van der Waals surface area contributed by atoms with Crippen LogP contribution in [0.2, 0.25) is 77.1 Å². The van der Waals surface area contributed by atoms with E-state index in [0.717, 1.165) is 6.42 Å². The molecule has 0 amide bonds. The van der Waals surface area contributed by atoms with Crippen LogP contribution in [0.5, 0.6) is 0 Å². The summed E-state index contributed by atoms with van der Waals surface area (Å²) in [6, 6.07) is 0. The highest BCUT2D eigenvalue weighted by Gasteiger charge is 2.64. The van der Waals surface area contributed by atoms with E-state index in [0.29, 0.717) is 12.8 Å². The lowest BCUT2D eigenvalue weighted by molar-refractivity contribution is -0.144. The topological polar surface area (TPSA) is 44.8 Å². The van der Waals surface area contributed by atoms with Gasteiger partial charge in [-0.2, -0.15) is 0 Å². The third-order valence-corrected chi connectivity index (χ3v) is 80.0. The van der Waals surface area contributed by atoms with Crippen LogP contribution in [0.3, 0.4) is 0 Å². The Bertz CT molecular complexity index is 703. The maximum absolute atomic E-state index is 12.2. The van der Waals surface area contributed by atoms with E-state index in [2.05, 4.69) is 113 Å². The van der Waals surface area contributed by atoms with Gasteiger partial charge in [-0.05, 0) is 31.5 Å². The van der Waals surface area contributed by atoms with Gasteiger partial charge in [0, 0.05) is 31.1 Å². The molecule has 0 bridgehead atoms. The lowest BCUT2D eigenvalue weighted by Gasteiger charge is -2.57. The third kappa shape index (κ3) is 9.30. The molecule has 9 heteroatoms. The fourth-order valence-electron chi connectivity index (χ4n) is 6.33. The molecule has 0 aromatic carbocycles. The summed E-state index contributed by atoms with van der Waals surface area (Å²) in [5.74, 6) is -0.379. The number of ether oxygens (including phenoxy) is 1. The van der Waals surface area contributed by atoms with Crippen molar-refractivity contribution in [3.63, 3.8) is 0 Å². The van der Waals surface area contributed by atoms with Gasteiger partial charge in [0.15, 0.2) is 15.2 Å². The highest BCUT2D eigenvalue weighted by Crippen LogP contribution is 2.41. The number of hydrogen-bond acceptors (Lipinski definition) is 4. The predicted octanol–water partition coefficient (Wildman–Crippen LogP) is 8.43. The number of esters is 1. The van der Waals surface area contributed by atoms with E-state index in [4.69, 9.17) is 13.6 Å². The first-order chi connectivity index (χ1) is 15.9. The summed E-state index contributed by atoms with van der Waals surface area (Å²) in [4.78, 5) is 12.2. The number of hydrogen-bond donors (Lipinski definition) is 0. The molecule has 0 saturated carbocycles. The largest absolute Gasteiger partial charge is 0.459 e. The molecule has 0 aromatic rings. The van der Waals surface area contributed by atoms with Crippen molar-refractivity contribution in [3.8, 4) is 0 Å². The Kier molecular flexibility index (Phi) is 12.9. The minimum atomic E-state index is -2.08. The maximum Gasteiger partial charge on any atom is 0.330 e. The lowest BCUT2D eigenvalue weighted by Crippen LogP contribution is -2.85. The van der Waals surface area contributed by atoms with Crippen molar-refractivity contribution in [1.29, 1.82) is 0 Å². The molecular formula is C27H60O4Si5. The molecule has 36 heavy (non-hydrogen) atoms. The van der Waals surface area contributed by atoms with Crippen LogP contribution in [0, 0.1) is 0 Å². The molecule has 0 heterocycles. The van der Waals surface area contributed by atoms with Crippen LogP contribution in [0.1, 0.15) is 47.0 Å². The Morgan fingerprint density at radius 1 is 0.778 bits per heavy atom. The van der Waals surface area contributed by atoms with Gasteiger partial charge in [0.05, 0.1) is 22.8 Å². The summed E-state index contributed by atoms with van der Waals surface area (Å²) >= 11 is 0. The molecule has 0 aliphatic rings. The van der Waals surface area contributed by atoms with Crippen molar-refractivity contribution in [3.05, 3.63) is 25.3 Å². The number of carbonyl (C=O) groups is 1. The second-order valence-electron chi connectivity index (χ2n) is 15.1. The fraction of sp³-hybridized carbons (Fsp3) is 0.815. The van der Waals surface area contributed by atoms with E-state index >= 15 is 0 Å². The molecule has 4 nitrogen and oxygen atoms in total. The van der Waals surface area contributed by atoms with Gasteiger partial charge in [0.1, 0.15) is 6.10 Å². The second-order valence-corrected chi connectivity index (χ2v) is 59.3. The van der Waals surface area contributed by atoms with Gasteiger partial charge in [-0.25, -0.2) is 4.79 Å². The lowest BCUT2D eigenvalue weighted by atomic mass is 10.0. The van der Waals surface area contributed by atoms with Gasteiger partial charge in [-0.3, -0.25) is 0 Å². The van der Waals surface area contributed by atoms with E-state index in [1.807, 2.05) is 6.08 Å². The molecule has 0 spiro atoms. The Balaban J connectivity index is 6.56. The Morgan fingerprint density at radius 2 is 1.22 bits per heavy atom. The monoisotopic (exact) mass is 588 g/mol. The standard InChI is InChI=1S/C27H60O4Si5/c1-18-20-24(29-26(28)19-2)22-25(21-23(3)30-35(16,17)27(4,5)6)31-36(32(7,8)9,33(10,11)12)34(13,14)15/h18-19,23-25H,1-2,20-22H2,3-17H3/t23-,24+,25-/m0/s1. The van der Waals surface area contributed by atoms with Gasteiger partial charge < -0.3 is 13.6 Å². The summed E-state index contributed by atoms with van der Waals surface area (Å²) in [6.07, 6.45) is 4.99. The molecule has 0 rings (SSSR count). The van der Waals surface area contributed by atoms with Crippen LogP contribution in [-0.4, -0.2) is 62.2 Å². The van der Waals surface area contributed by atoms with Crippen LogP contribution in [-0.2, 0) is 18.4 Å². The molecule has 3 atom stereocenters. The Hall–Kier alpha value is -0.0456. The number of rotatable bonds is 15. The van der Waals surface area contributed by atoms with Crippen LogP contribution in [0.25, 0.3) is 0 Å². The summed E-state index contributed by atoms with van der Waals surface area (Å²) in [5, 5.41) is 0.149. The molecule has 0 N–H and O–H groups in total. The van der Waals surface area contributed by atoms with Crippen LogP contribution < -0.4 is 0 Å². The first-order valence-corrected chi connectivity index (χ1v) is 32.0. The highest BCUT2D eigenvalue weighted by molar-refractivity contribution is 7.87. The van der Waals surface area contributed by atoms with Crippen LogP contribution in [0.15, 0.2) is 25.3 Å². The van der Waals surface area contributed by atoms with Gasteiger partial charge in [0.25, 0.3) is 0 Å². The first-order valence-electron chi connectivity index (χ1n) is 13.7. The van der Waals surface area contributed by atoms with Crippen molar-refractivity contribution in [1.82, 2.24) is 0 Å². The molecule has 0 aliphatic heterocycles. The molecule has 0 aliphatic carbocycles. The second kappa shape index (κ2) is 12.9. The fourth-order valence-corrected chi connectivity index (χ4v) is 102. The minimum absolute atomic E-state index is 0.0100. The van der Waals surface area contributed by atoms with E-state index in [9.17, 15) is 4.79 Å². The summed E-state index contributed by atoms with van der Waals surface area (Å²) in [7, 11) is -6.85. The minimum Gasteiger partial charge on any atom is -0.459 e. The maximum atomic E-state index is 12.2. The van der Waals surface area contributed by atoms with Crippen molar-refractivity contribution in [2.45, 2.75) is 142 Å². The van der Waals surface area contributed by atoms with Gasteiger partial charge in [0.2, 0.25) is 0 Å². The van der Waals surface area contributed by atoms with E-state index in [1.54, 1.807) is 0 Å². The van der Waals surface area contributed by atoms with Crippen LogP contribution in [0.4, 0.5) is 0 Å². The third-order valence-electron chi connectivity index (χ3n) is 7.81. The zero-order valence-corrected chi connectivity index (χ0v) is 31.6. The zero-order valence-electron chi connectivity index (χ0n) is 26.6. The summed E-state index contributed by atoms with van der Waals surface area (Å²) in [6.45, 7) is 42.0. The molecule has 0 fully saturated rings. The molecular weight excluding hydrogens is 529 g/mol. The molecule has 0 saturated heterocycles. The van der Waals surface area contributed by atoms with Crippen LogP contribution >= 0.6 is 0 Å². The van der Waals surface area contributed by atoms with Crippen molar-refractivity contribution in [2.75, 3.05) is 0 Å². The number of carbonyl (C=O) groups excluding carboxylic acids is 1. The van der Waals surface area contributed by atoms with Gasteiger partial charge in [-0.1, -0.05) is 92.3 Å². The summed E-state index contributed by atoms with van der Waals surface area (Å²) in [5.41, 5.74) is 0. The first kappa shape index (κ1) is 36.0. The van der Waals surface area contributed by atoms with Gasteiger partial charge in [-0.15, -0.1) is 6.58 Å². The molecule has 0 unspecified atom stereocenters. The molecule has 0 aromatic heterocycles. The highest BCUT2D eigenvalue weighted by atomic mass is 29.9. The normalized spacial score (nSPS) is 16.8. The Labute approximate surface area is 229 Å². The molecule has 212 valence electrons. The van der Waals surface area contributed by atoms with Crippen molar-refractivity contribution in [2.24, 2.45) is 0 Å². The van der Waals surface area contributed by atoms with E-state index in [-0.39, 0.29) is 29.3 Å². The average Bonchev–Trinajstić information content (AvgIpc) is 2.61. The predicted molar refractivity (Wildman–Crippen MR) is 173 cm³/mol. The van der Waals surface area contributed by atoms with Gasteiger partial charge >= 0.3 is 5.97 Å². The smallest absolute Gasteiger partial charge is 0.330 e. The van der Waals surface area contributed by atoms with Crippen molar-refractivity contribution >= 4 is 43.9 Å². The Morgan fingerprint density at radius 3 is 1.56 bits per heavy atom. The SMILES string of the molecule is C=CC[C@H](C[C@H](C[C@H](C)O[Si](C)(C)C(C)(C)C)O[Si]([Si](C)(C)C)([Si](C)(C)C)[Si](C)(C)C)OC(=O)C=C. The zero-order chi connectivity index (χ0) is 29.0. The van der Waals surface area contributed by atoms with E-state index < -0.39 is 38.0 Å². The average molecular weight is 589 g/mol. The molecule has 0 radical (unpaired) electrons. The summed E-state index contributed by atoms with van der Waals surface area (Å²) < 4.78 is 20.3.